The van der Waals surface area contributed by atoms with Crippen LogP contribution in [0.15, 0.2) is 12.2 Å². The summed E-state index contributed by atoms with van der Waals surface area (Å²) in [5.41, 5.74) is -0.486. The molecule has 0 saturated carbocycles. The predicted octanol–water partition coefficient (Wildman–Crippen LogP) is 4.40. The Morgan fingerprint density at radius 2 is 2.05 bits per heavy atom. The summed E-state index contributed by atoms with van der Waals surface area (Å²) in [6.45, 7) is 8.71. The molecule has 2 aliphatic rings. The molecule has 120 valence electrons. The van der Waals surface area contributed by atoms with Gasteiger partial charge in [-0.15, -0.1) is 0 Å². The maximum Gasteiger partial charge on any atom is 0.309 e. The van der Waals surface area contributed by atoms with E-state index in [4.69, 9.17) is 9.47 Å². The van der Waals surface area contributed by atoms with E-state index in [0.29, 0.717) is 12.3 Å². The zero-order valence-electron chi connectivity index (χ0n) is 14.0. The molecule has 0 unspecified atom stereocenters. The first-order valence-corrected chi connectivity index (χ1v) is 8.59. The van der Waals surface area contributed by atoms with Gasteiger partial charge in [0, 0.05) is 6.42 Å². The molecule has 2 saturated heterocycles. The summed E-state index contributed by atoms with van der Waals surface area (Å²) < 4.78 is 12.1. The van der Waals surface area contributed by atoms with Crippen molar-refractivity contribution in [2.75, 3.05) is 0 Å². The van der Waals surface area contributed by atoms with Crippen molar-refractivity contribution < 1.29 is 14.3 Å². The second-order valence-electron chi connectivity index (χ2n) is 6.63. The average molecular weight is 294 g/mol. The standard InChI is InChI=1S/C18H30O3/c1-5-9-10-14(6-2)12-17(7-3)13-18(8-4)15(20-17)11-16(19)21-18/h9-10,14-15H,5-8,11-13H2,1-4H3/b10-9+/t14-,15+,17+,18+/m1/s1. The summed E-state index contributed by atoms with van der Waals surface area (Å²) in [6, 6.07) is 0. The highest BCUT2D eigenvalue weighted by atomic mass is 16.6. The van der Waals surface area contributed by atoms with Crippen LogP contribution >= 0.6 is 0 Å². The molecule has 0 bridgehead atoms. The lowest BCUT2D eigenvalue weighted by molar-refractivity contribution is -0.149. The second kappa shape index (κ2) is 6.51. The second-order valence-corrected chi connectivity index (χ2v) is 6.63. The molecule has 4 atom stereocenters. The van der Waals surface area contributed by atoms with Gasteiger partial charge >= 0.3 is 5.97 Å². The maximum absolute atomic E-state index is 11.6. The lowest BCUT2D eigenvalue weighted by Crippen LogP contribution is -2.36. The van der Waals surface area contributed by atoms with Crippen molar-refractivity contribution in [3.8, 4) is 0 Å². The minimum absolute atomic E-state index is 0.0392. The molecule has 0 radical (unpaired) electrons. The summed E-state index contributed by atoms with van der Waals surface area (Å²) >= 11 is 0. The molecule has 0 spiro atoms. The first-order chi connectivity index (χ1) is 10.0. The van der Waals surface area contributed by atoms with E-state index in [2.05, 4.69) is 39.8 Å². The van der Waals surface area contributed by atoms with E-state index in [1.807, 2.05) is 0 Å². The van der Waals surface area contributed by atoms with E-state index in [0.717, 1.165) is 38.5 Å². The van der Waals surface area contributed by atoms with Gasteiger partial charge in [-0.1, -0.05) is 39.8 Å². The third-order valence-electron chi connectivity index (χ3n) is 5.31. The Morgan fingerprint density at radius 3 is 2.57 bits per heavy atom. The fraction of sp³-hybridized carbons (Fsp3) is 0.833. The number of hydrogen-bond acceptors (Lipinski definition) is 3. The summed E-state index contributed by atoms with van der Waals surface area (Å²) in [7, 11) is 0. The van der Waals surface area contributed by atoms with Crippen LogP contribution in [0, 0.1) is 5.92 Å². The van der Waals surface area contributed by atoms with E-state index < -0.39 is 0 Å². The topological polar surface area (TPSA) is 35.5 Å². The number of rotatable bonds is 7. The maximum atomic E-state index is 11.6. The number of carbonyl (C=O) groups is 1. The first-order valence-electron chi connectivity index (χ1n) is 8.59. The minimum Gasteiger partial charge on any atom is -0.456 e. The van der Waals surface area contributed by atoms with E-state index in [1.165, 1.54) is 0 Å². The van der Waals surface area contributed by atoms with E-state index in [9.17, 15) is 4.79 Å². The normalized spacial score (nSPS) is 37.0. The van der Waals surface area contributed by atoms with Crippen LogP contribution in [-0.4, -0.2) is 23.3 Å². The quantitative estimate of drug-likeness (QED) is 0.515. The summed E-state index contributed by atoms with van der Waals surface area (Å²) in [5.74, 6) is 0.456. The van der Waals surface area contributed by atoms with Gasteiger partial charge < -0.3 is 9.47 Å². The van der Waals surface area contributed by atoms with Crippen molar-refractivity contribution in [2.24, 2.45) is 5.92 Å². The fourth-order valence-corrected chi connectivity index (χ4v) is 3.91. The molecule has 2 fully saturated rings. The van der Waals surface area contributed by atoms with Crippen LogP contribution in [0.1, 0.15) is 72.6 Å². The molecule has 3 heteroatoms. The van der Waals surface area contributed by atoms with Crippen molar-refractivity contribution in [3.63, 3.8) is 0 Å². The van der Waals surface area contributed by atoms with Crippen molar-refractivity contribution >= 4 is 5.97 Å². The number of carbonyl (C=O) groups excluding carboxylic acids is 1. The Morgan fingerprint density at radius 1 is 1.29 bits per heavy atom. The predicted molar refractivity (Wildman–Crippen MR) is 84.1 cm³/mol. The molecule has 0 aromatic heterocycles. The highest BCUT2D eigenvalue weighted by molar-refractivity contribution is 5.73. The Bertz CT molecular complexity index is 403. The van der Waals surface area contributed by atoms with Crippen LogP contribution < -0.4 is 0 Å². The van der Waals surface area contributed by atoms with Crippen molar-refractivity contribution in [1.29, 1.82) is 0 Å². The number of fused-ring (bicyclic) bond motifs is 1. The monoisotopic (exact) mass is 294 g/mol. The van der Waals surface area contributed by atoms with Crippen LogP contribution in [0.3, 0.4) is 0 Å². The van der Waals surface area contributed by atoms with Gasteiger partial charge in [0.2, 0.25) is 0 Å². The summed E-state index contributed by atoms with van der Waals surface area (Å²) in [4.78, 5) is 11.6. The molecule has 0 N–H and O–H groups in total. The summed E-state index contributed by atoms with van der Waals surface area (Å²) in [5, 5.41) is 0. The molecule has 2 aliphatic heterocycles. The molecule has 0 aromatic rings. The van der Waals surface area contributed by atoms with Crippen LogP contribution in [0.5, 0.6) is 0 Å². The van der Waals surface area contributed by atoms with Gasteiger partial charge in [-0.05, 0) is 38.0 Å². The Kier molecular flexibility index (Phi) is 5.13. The number of allylic oxidation sites excluding steroid dienone is 2. The van der Waals surface area contributed by atoms with Crippen LogP contribution in [-0.2, 0) is 14.3 Å². The zero-order chi connectivity index (χ0) is 15.5. The minimum atomic E-state index is -0.361. The largest absolute Gasteiger partial charge is 0.456 e. The molecule has 0 aliphatic carbocycles. The van der Waals surface area contributed by atoms with E-state index >= 15 is 0 Å². The lowest BCUT2D eigenvalue weighted by atomic mass is 9.79. The van der Waals surface area contributed by atoms with Crippen molar-refractivity contribution in [2.45, 2.75) is 89.9 Å². The third kappa shape index (κ3) is 3.18. The Balaban J connectivity index is 2.13. The Labute approximate surface area is 129 Å². The van der Waals surface area contributed by atoms with Crippen molar-refractivity contribution in [1.82, 2.24) is 0 Å². The first kappa shape index (κ1) is 16.5. The summed E-state index contributed by atoms with van der Waals surface area (Å²) in [6.07, 6.45) is 10.9. The van der Waals surface area contributed by atoms with Crippen LogP contribution in [0.2, 0.25) is 0 Å². The van der Waals surface area contributed by atoms with E-state index in [1.54, 1.807) is 0 Å². The molecule has 2 rings (SSSR count). The van der Waals surface area contributed by atoms with Crippen LogP contribution in [0.4, 0.5) is 0 Å². The highest BCUT2D eigenvalue weighted by Crippen LogP contribution is 2.51. The molecule has 0 amide bonds. The molecule has 3 nitrogen and oxygen atoms in total. The van der Waals surface area contributed by atoms with Gasteiger partial charge in [0.15, 0.2) is 0 Å². The van der Waals surface area contributed by atoms with Gasteiger partial charge in [-0.25, -0.2) is 0 Å². The smallest absolute Gasteiger partial charge is 0.309 e. The van der Waals surface area contributed by atoms with Gasteiger partial charge in [-0.2, -0.15) is 0 Å². The van der Waals surface area contributed by atoms with Gasteiger partial charge in [-0.3, -0.25) is 4.79 Å². The lowest BCUT2D eigenvalue weighted by Gasteiger charge is -2.32. The van der Waals surface area contributed by atoms with Gasteiger partial charge in [0.1, 0.15) is 11.7 Å². The third-order valence-corrected chi connectivity index (χ3v) is 5.31. The fourth-order valence-electron chi connectivity index (χ4n) is 3.91. The molecule has 21 heavy (non-hydrogen) atoms. The molecule has 0 aromatic carbocycles. The SMILES string of the molecule is CC/C=C/[C@@H](CC)C[C@@]1(CC)C[C@]2(CC)OC(=O)C[C@@H]2O1. The molecular formula is C18H30O3. The van der Waals surface area contributed by atoms with Crippen molar-refractivity contribution in [3.05, 3.63) is 12.2 Å². The van der Waals surface area contributed by atoms with Gasteiger partial charge in [0.25, 0.3) is 0 Å². The number of hydrogen-bond donors (Lipinski definition) is 0. The Hall–Kier alpha value is -0.830. The van der Waals surface area contributed by atoms with Gasteiger partial charge in [0.05, 0.1) is 12.0 Å². The average Bonchev–Trinajstić information content (AvgIpc) is 2.93. The molecular weight excluding hydrogens is 264 g/mol. The van der Waals surface area contributed by atoms with E-state index in [-0.39, 0.29) is 23.3 Å². The van der Waals surface area contributed by atoms with Crippen LogP contribution in [0.25, 0.3) is 0 Å². The highest BCUT2D eigenvalue weighted by Gasteiger charge is 2.60. The molecule has 2 heterocycles. The zero-order valence-corrected chi connectivity index (χ0v) is 14.0. The number of ether oxygens (including phenoxy) is 2. The number of esters is 1.